The highest BCUT2D eigenvalue weighted by molar-refractivity contribution is 7.11. The summed E-state index contributed by atoms with van der Waals surface area (Å²) in [5.41, 5.74) is 1.99. The van der Waals surface area contributed by atoms with Gasteiger partial charge in [0.05, 0.1) is 30.4 Å². The maximum absolute atomic E-state index is 11.3. The van der Waals surface area contributed by atoms with Crippen molar-refractivity contribution in [1.29, 1.82) is 5.26 Å². The van der Waals surface area contributed by atoms with Gasteiger partial charge in [0, 0.05) is 17.1 Å². The van der Waals surface area contributed by atoms with Gasteiger partial charge in [0.2, 0.25) is 0 Å². The first-order valence-electron chi connectivity index (χ1n) is 8.94. The molecule has 152 valence electrons. The third-order valence-corrected chi connectivity index (χ3v) is 4.97. The molecule has 1 heterocycles. The van der Waals surface area contributed by atoms with E-state index in [4.69, 9.17) is 9.47 Å². The Bertz CT molecular complexity index is 1120. The van der Waals surface area contributed by atoms with Crippen LogP contribution in [-0.2, 0) is 0 Å². The number of anilines is 1. The quantitative estimate of drug-likeness (QED) is 0.305. The molecule has 3 rings (SSSR count). The summed E-state index contributed by atoms with van der Waals surface area (Å²) in [4.78, 5) is 15.3. The Kier molecular flexibility index (Phi) is 6.62. The van der Waals surface area contributed by atoms with Crippen LogP contribution in [0.5, 0.6) is 11.5 Å². The lowest BCUT2D eigenvalue weighted by Crippen LogP contribution is -1.98. The number of nitrogens with zero attached hydrogens (tertiary/aromatic N) is 3. The first-order chi connectivity index (χ1) is 14.5. The molecule has 3 aromatic rings. The van der Waals surface area contributed by atoms with E-state index in [1.165, 1.54) is 36.8 Å². The van der Waals surface area contributed by atoms with Gasteiger partial charge in [-0.25, -0.2) is 4.98 Å². The summed E-state index contributed by atoms with van der Waals surface area (Å²) in [6, 6.07) is 14.1. The van der Waals surface area contributed by atoms with Crippen molar-refractivity contribution in [2.24, 2.45) is 0 Å². The molecule has 0 saturated carbocycles. The predicted molar refractivity (Wildman–Crippen MR) is 116 cm³/mol. The molecular weight excluding hydrogens is 404 g/mol. The van der Waals surface area contributed by atoms with Crippen molar-refractivity contribution in [1.82, 2.24) is 4.98 Å². The molecule has 0 aliphatic rings. The Hall–Kier alpha value is -3.90. The van der Waals surface area contributed by atoms with Crippen LogP contribution in [0.2, 0.25) is 0 Å². The zero-order valence-electron chi connectivity index (χ0n) is 16.3. The van der Waals surface area contributed by atoms with Crippen molar-refractivity contribution >= 4 is 28.3 Å². The van der Waals surface area contributed by atoms with Crippen LogP contribution in [0.15, 0.2) is 54.0 Å². The van der Waals surface area contributed by atoms with E-state index in [0.717, 1.165) is 17.0 Å². The molecule has 0 unspecified atom stereocenters. The average molecular weight is 422 g/mol. The fraction of sp³-hybridized carbons (Fsp3) is 0.143. The van der Waals surface area contributed by atoms with Crippen molar-refractivity contribution in [3.63, 3.8) is 0 Å². The van der Waals surface area contributed by atoms with Gasteiger partial charge in [-0.3, -0.25) is 10.1 Å². The van der Waals surface area contributed by atoms with Gasteiger partial charge in [-0.05, 0) is 43.3 Å². The zero-order chi connectivity index (χ0) is 21.5. The highest BCUT2D eigenvalue weighted by Gasteiger charge is 2.15. The number of rotatable bonds is 8. The second kappa shape index (κ2) is 9.54. The molecule has 0 fully saturated rings. The predicted octanol–water partition coefficient (Wildman–Crippen LogP) is 5.10. The Morgan fingerprint density at radius 1 is 1.30 bits per heavy atom. The molecule has 2 aromatic carbocycles. The molecule has 0 atom stereocenters. The first kappa shape index (κ1) is 20.8. The molecule has 8 nitrogen and oxygen atoms in total. The number of allylic oxidation sites excluding steroid dienone is 1. The summed E-state index contributed by atoms with van der Waals surface area (Å²) in [5.74, 6) is 1.15. The minimum atomic E-state index is -0.516. The average Bonchev–Trinajstić information content (AvgIpc) is 3.25. The van der Waals surface area contributed by atoms with E-state index in [9.17, 15) is 15.4 Å². The number of methoxy groups -OCH3 is 1. The molecule has 0 aliphatic heterocycles. The lowest BCUT2D eigenvalue weighted by molar-refractivity contribution is -0.384. The monoisotopic (exact) mass is 422 g/mol. The number of hydrogen-bond donors (Lipinski definition) is 1. The normalized spacial score (nSPS) is 10.9. The highest BCUT2D eigenvalue weighted by atomic mass is 32.1. The van der Waals surface area contributed by atoms with Crippen LogP contribution in [0.1, 0.15) is 11.9 Å². The van der Waals surface area contributed by atoms with E-state index < -0.39 is 4.92 Å². The van der Waals surface area contributed by atoms with E-state index in [2.05, 4.69) is 16.4 Å². The van der Waals surface area contributed by atoms with Gasteiger partial charge in [0.25, 0.3) is 5.69 Å². The van der Waals surface area contributed by atoms with Gasteiger partial charge in [-0.2, -0.15) is 5.26 Å². The van der Waals surface area contributed by atoms with E-state index in [1.54, 1.807) is 6.07 Å². The molecule has 1 aromatic heterocycles. The Morgan fingerprint density at radius 2 is 2.03 bits per heavy atom. The van der Waals surface area contributed by atoms with Gasteiger partial charge < -0.3 is 14.8 Å². The van der Waals surface area contributed by atoms with E-state index >= 15 is 0 Å². The van der Waals surface area contributed by atoms with Gasteiger partial charge in [0.1, 0.15) is 33.8 Å². The molecule has 9 heteroatoms. The number of ether oxygens (including phenoxy) is 2. The second-order valence-corrected chi connectivity index (χ2v) is 6.81. The minimum Gasteiger partial charge on any atom is -0.496 e. The molecular formula is C21H18N4O4S. The third-order valence-electron chi connectivity index (χ3n) is 4.09. The number of nitro groups is 1. The number of nitro benzene ring substituents is 1. The van der Waals surface area contributed by atoms with E-state index in [-0.39, 0.29) is 16.9 Å². The fourth-order valence-corrected chi connectivity index (χ4v) is 3.42. The van der Waals surface area contributed by atoms with Gasteiger partial charge >= 0.3 is 0 Å². The maximum Gasteiger partial charge on any atom is 0.296 e. The van der Waals surface area contributed by atoms with Crippen LogP contribution >= 0.6 is 11.3 Å². The summed E-state index contributed by atoms with van der Waals surface area (Å²) < 4.78 is 10.5. The number of hydrogen-bond acceptors (Lipinski definition) is 8. The molecule has 0 saturated heterocycles. The largest absolute Gasteiger partial charge is 0.496 e. The number of benzene rings is 2. The molecule has 0 amide bonds. The van der Waals surface area contributed by atoms with Crippen LogP contribution in [0.3, 0.4) is 0 Å². The minimum absolute atomic E-state index is 0.155. The number of thiazole rings is 1. The molecule has 0 aliphatic carbocycles. The summed E-state index contributed by atoms with van der Waals surface area (Å²) in [6.07, 6.45) is 1.41. The van der Waals surface area contributed by atoms with Crippen LogP contribution in [0.4, 0.5) is 11.4 Å². The fourth-order valence-electron chi connectivity index (χ4n) is 2.62. The van der Waals surface area contributed by atoms with Crippen molar-refractivity contribution in [3.05, 3.63) is 69.2 Å². The van der Waals surface area contributed by atoms with Crippen molar-refractivity contribution in [3.8, 4) is 28.8 Å². The van der Waals surface area contributed by atoms with E-state index in [1.807, 2.05) is 36.6 Å². The molecule has 30 heavy (non-hydrogen) atoms. The van der Waals surface area contributed by atoms with Crippen LogP contribution < -0.4 is 14.8 Å². The van der Waals surface area contributed by atoms with Crippen LogP contribution in [0.25, 0.3) is 16.8 Å². The number of nitriles is 1. The Balaban J connectivity index is 1.83. The SMILES string of the molecule is CCOc1ccc(-c2csc(/C(C#N)=C/Nc3ccc(OC)cc3[N+](=O)[O-])n2)cc1. The lowest BCUT2D eigenvalue weighted by Gasteiger charge is -2.05. The standard InChI is InChI=1S/C21H18N4O4S/c1-3-29-16-6-4-14(5-7-16)19-13-30-21(24-19)15(11-22)12-23-18-9-8-17(28-2)10-20(18)25(26)27/h4-10,12-13,23H,3H2,1-2H3/b15-12+. The van der Waals surface area contributed by atoms with Crippen LogP contribution in [-0.4, -0.2) is 23.6 Å². The summed E-state index contributed by atoms with van der Waals surface area (Å²) in [7, 11) is 1.43. The Morgan fingerprint density at radius 3 is 2.67 bits per heavy atom. The van der Waals surface area contributed by atoms with Crippen LogP contribution in [0, 0.1) is 21.4 Å². The highest BCUT2D eigenvalue weighted by Crippen LogP contribution is 2.31. The Labute approximate surface area is 177 Å². The molecule has 0 spiro atoms. The van der Waals surface area contributed by atoms with Gasteiger partial charge in [0.15, 0.2) is 0 Å². The molecule has 0 radical (unpaired) electrons. The second-order valence-electron chi connectivity index (χ2n) is 5.95. The van der Waals surface area contributed by atoms with E-state index in [0.29, 0.717) is 17.4 Å². The lowest BCUT2D eigenvalue weighted by atomic mass is 10.2. The first-order valence-corrected chi connectivity index (χ1v) is 9.82. The van der Waals surface area contributed by atoms with Gasteiger partial charge in [-0.15, -0.1) is 11.3 Å². The van der Waals surface area contributed by atoms with Gasteiger partial charge in [-0.1, -0.05) is 0 Å². The summed E-state index contributed by atoms with van der Waals surface area (Å²) in [5, 5.41) is 26.0. The number of aromatic nitrogens is 1. The van der Waals surface area contributed by atoms with Crippen molar-refractivity contribution in [2.75, 3.05) is 19.0 Å². The zero-order valence-corrected chi connectivity index (χ0v) is 17.1. The topological polar surface area (TPSA) is 110 Å². The van der Waals surface area contributed by atoms with Crippen molar-refractivity contribution in [2.45, 2.75) is 6.92 Å². The smallest absolute Gasteiger partial charge is 0.296 e. The summed E-state index contributed by atoms with van der Waals surface area (Å²) in [6.45, 7) is 2.51. The summed E-state index contributed by atoms with van der Waals surface area (Å²) >= 11 is 1.32. The third kappa shape index (κ3) is 4.74. The maximum atomic E-state index is 11.3. The molecule has 1 N–H and O–H groups in total. The molecule has 0 bridgehead atoms. The van der Waals surface area contributed by atoms with Crippen molar-refractivity contribution < 1.29 is 14.4 Å². The number of nitrogens with one attached hydrogen (secondary N) is 1.